The Morgan fingerprint density at radius 1 is 1.38 bits per heavy atom. The molecule has 0 N–H and O–H groups in total. The highest BCUT2D eigenvalue weighted by Crippen LogP contribution is 2.26. The Morgan fingerprint density at radius 3 is 2.77 bits per heavy atom. The van der Waals surface area contributed by atoms with Crippen LogP contribution in [-0.2, 0) is 9.53 Å². The van der Waals surface area contributed by atoms with Gasteiger partial charge in [0.05, 0.1) is 12.1 Å². The van der Waals surface area contributed by atoms with Crippen molar-refractivity contribution in [2.75, 3.05) is 6.61 Å². The molecule has 1 aromatic carbocycles. The van der Waals surface area contributed by atoms with E-state index >= 15 is 0 Å². The fraction of sp³-hybridized carbons (Fsp3) is 0.294. The highest BCUT2D eigenvalue weighted by Gasteiger charge is 2.17. The molecule has 0 spiro atoms. The summed E-state index contributed by atoms with van der Waals surface area (Å²) in [5.74, 6) is -0.705. The molecule has 0 saturated carbocycles. The van der Waals surface area contributed by atoms with Gasteiger partial charge < -0.3 is 4.74 Å². The first-order valence-corrected chi connectivity index (χ1v) is 12.5. The van der Waals surface area contributed by atoms with E-state index in [0.717, 1.165) is 22.0 Å². The molecule has 0 radical (unpaired) electrons. The van der Waals surface area contributed by atoms with Crippen molar-refractivity contribution in [3.05, 3.63) is 51.0 Å². The lowest BCUT2D eigenvalue weighted by Gasteiger charge is -2.15. The number of benzene rings is 1. The first-order chi connectivity index (χ1) is 12.2. The zero-order chi connectivity index (χ0) is 19.3. The predicted octanol–water partition coefficient (Wildman–Crippen LogP) is 5.58. The number of hydrogen-bond donors (Lipinski definition) is 0. The molecular formula is C17H19BrN4O3Si. The lowest BCUT2D eigenvalue weighted by molar-refractivity contribution is -0.113. The van der Waals surface area contributed by atoms with E-state index in [2.05, 4.69) is 45.6 Å². The first kappa shape index (κ1) is 20.0. The average Bonchev–Trinajstić information content (AvgIpc) is 2.90. The van der Waals surface area contributed by atoms with Crippen molar-refractivity contribution in [1.29, 1.82) is 0 Å². The number of carbonyl (C=O) groups excluding carboxylic acids is 2. The Labute approximate surface area is 160 Å². The molecule has 0 unspecified atom stereocenters. The van der Waals surface area contributed by atoms with Gasteiger partial charge in [-0.05, 0) is 41.0 Å². The molecule has 0 aliphatic heterocycles. The van der Waals surface area contributed by atoms with E-state index in [0.29, 0.717) is 17.7 Å². The summed E-state index contributed by atoms with van der Waals surface area (Å²) in [7, 11) is -1.30. The van der Waals surface area contributed by atoms with Gasteiger partial charge in [-0.1, -0.05) is 41.6 Å². The van der Waals surface area contributed by atoms with E-state index < -0.39 is 20.1 Å². The number of azide groups is 1. The zero-order valence-electron chi connectivity index (χ0n) is 14.8. The van der Waals surface area contributed by atoms with Crippen LogP contribution in [0.2, 0.25) is 25.7 Å². The van der Waals surface area contributed by atoms with Gasteiger partial charge in [0, 0.05) is 34.6 Å². The summed E-state index contributed by atoms with van der Waals surface area (Å²) < 4.78 is 7.65. The van der Waals surface area contributed by atoms with E-state index in [4.69, 9.17) is 10.3 Å². The molecule has 0 saturated heterocycles. The minimum absolute atomic E-state index is 0.378. The van der Waals surface area contributed by atoms with Crippen molar-refractivity contribution in [1.82, 2.24) is 4.57 Å². The molecule has 2 aromatic rings. The van der Waals surface area contributed by atoms with E-state index in [1.165, 1.54) is 10.6 Å². The Balaban J connectivity index is 2.34. The number of ether oxygens (including phenoxy) is 1. The second-order valence-corrected chi connectivity index (χ2v) is 13.4. The maximum atomic E-state index is 12.5. The number of rotatable bonds is 5. The van der Waals surface area contributed by atoms with Crippen LogP contribution in [0.4, 0.5) is 4.79 Å². The second-order valence-electron chi connectivity index (χ2n) is 6.90. The summed E-state index contributed by atoms with van der Waals surface area (Å²) in [6.07, 6.45) is 3.82. The molecule has 7 nitrogen and oxygen atoms in total. The van der Waals surface area contributed by atoms with Gasteiger partial charge in [0.2, 0.25) is 5.91 Å². The summed E-state index contributed by atoms with van der Waals surface area (Å²) >= 11 is 3.40. The third kappa shape index (κ3) is 5.32. The maximum absolute atomic E-state index is 12.5. The molecule has 9 heteroatoms. The highest BCUT2D eigenvalue weighted by atomic mass is 79.9. The molecule has 1 heterocycles. The molecule has 2 rings (SSSR count). The van der Waals surface area contributed by atoms with Crippen LogP contribution in [0.3, 0.4) is 0 Å². The van der Waals surface area contributed by atoms with Crippen molar-refractivity contribution < 1.29 is 14.3 Å². The van der Waals surface area contributed by atoms with Gasteiger partial charge in [-0.25, -0.2) is 4.79 Å². The fourth-order valence-electron chi connectivity index (χ4n) is 2.26. The number of hydrogen-bond acceptors (Lipinski definition) is 3. The standard InChI is InChI=1S/C17H19BrN4O3Si/c1-26(2,3)9-8-25-17(24)22-11-12(4-7-16(23)20-21-19)14-6-5-13(18)10-15(14)22/h4-7,10-11H,8-9H2,1-3H3/b7-4+. The molecular weight excluding hydrogens is 416 g/mol. The van der Waals surface area contributed by atoms with Crippen LogP contribution >= 0.6 is 15.9 Å². The maximum Gasteiger partial charge on any atom is 0.418 e. The number of nitrogens with zero attached hydrogens (tertiary/aromatic N) is 4. The fourth-order valence-corrected chi connectivity index (χ4v) is 3.33. The molecule has 0 fully saturated rings. The molecule has 0 atom stereocenters. The summed E-state index contributed by atoms with van der Waals surface area (Å²) in [5, 5.41) is 3.77. The van der Waals surface area contributed by atoms with Crippen LogP contribution < -0.4 is 0 Å². The van der Waals surface area contributed by atoms with E-state index in [1.54, 1.807) is 6.20 Å². The summed E-state index contributed by atoms with van der Waals surface area (Å²) in [5.41, 5.74) is 9.60. The van der Waals surface area contributed by atoms with Crippen LogP contribution in [-0.4, -0.2) is 31.2 Å². The normalized spacial score (nSPS) is 11.5. The largest absolute Gasteiger partial charge is 0.449 e. The minimum Gasteiger partial charge on any atom is -0.449 e. The van der Waals surface area contributed by atoms with Gasteiger partial charge in [0.15, 0.2) is 0 Å². The number of halogens is 1. The van der Waals surface area contributed by atoms with E-state index in [1.807, 2.05) is 18.2 Å². The molecule has 0 bridgehead atoms. The first-order valence-electron chi connectivity index (χ1n) is 7.96. The van der Waals surface area contributed by atoms with Crippen LogP contribution in [0.1, 0.15) is 5.56 Å². The molecule has 1 amide bonds. The lowest BCUT2D eigenvalue weighted by atomic mass is 10.1. The number of carbonyl (C=O) groups is 2. The van der Waals surface area contributed by atoms with Gasteiger partial charge in [-0.15, -0.1) is 0 Å². The van der Waals surface area contributed by atoms with Crippen molar-refractivity contribution in [2.45, 2.75) is 25.7 Å². The smallest absolute Gasteiger partial charge is 0.418 e. The van der Waals surface area contributed by atoms with Crippen LogP contribution in [0.5, 0.6) is 0 Å². The monoisotopic (exact) mass is 434 g/mol. The van der Waals surface area contributed by atoms with Gasteiger partial charge in [0.25, 0.3) is 0 Å². The Bertz CT molecular complexity index is 924. The Hall–Kier alpha value is -2.35. The summed E-state index contributed by atoms with van der Waals surface area (Å²) in [6, 6.07) is 6.37. The zero-order valence-corrected chi connectivity index (χ0v) is 17.4. The molecule has 0 aliphatic carbocycles. The van der Waals surface area contributed by atoms with Crippen LogP contribution in [0.15, 0.2) is 40.1 Å². The van der Waals surface area contributed by atoms with Crippen molar-refractivity contribution >= 4 is 53.0 Å². The topological polar surface area (TPSA) is 97.1 Å². The third-order valence-electron chi connectivity index (χ3n) is 3.62. The number of aromatic nitrogens is 1. The van der Waals surface area contributed by atoms with E-state index in [9.17, 15) is 9.59 Å². The molecule has 0 aliphatic rings. The Kier molecular flexibility index (Phi) is 6.41. The molecule has 26 heavy (non-hydrogen) atoms. The van der Waals surface area contributed by atoms with Crippen molar-refractivity contribution in [2.24, 2.45) is 5.11 Å². The Morgan fingerprint density at radius 2 is 2.12 bits per heavy atom. The molecule has 136 valence electrons. The minimum atomic E-state index is -1.30. The van der Waals surface area contributed by atoms with Crippen LogP contribution in [0.25, 0.3) is 27.4 Å². The van der Waals surface area contributed by atoms with Gasteiger partial charge in [0.1, 0.15) is 0 Å². The summed E-state index contributed by atoms with van der Waals surface area (Å²) in [6.45, 7) is 7.02. The quantitative estimate of drug-likeness (QED) is 0.202. The summed E-state index contributed by atoms with van der Waals surface area (Å²) in [4.78, 5) is 26.3. The third-order valence-corrected chi connectivity index (χ3v) is 5.82. The number of fused-ring (bicyclic) bond motifs is 1. The van der Waals surface area contributed by atoms with Crippen LogP contribution in [0, 0.1) is 0 Å². The van der Waals surface area contributed by atoms with Gasteiger partial charge in [-0.3, -0.25) is 9.36 Å². The second kappa shape index (κ2) is 8.35. The van der Waals surface area contributed by atoms with Gasteiger partial charge >= 0.3 is 6.09 Å². The molecule has 1 aromatic heterocycles. The number of amides is 1. The SMILES string of the molecule is C[Si](C)(C)CCOC(=O)n1cc(/C=C/C(=O)N=[N+]=[N-])c2ccc(Br)cc21. The van der Waals surface area contributed by atoms with Gasteiger partial charge in [-0.2, -0.15) is 0 Å². The predicted molar refractivity (Wildman–Crippen MR) is 108 cm³/mol. The highest BCUT2D eigenvalue weighted by molar-refractivity contribution is 9.10. The van der Waals surface area contributed by atoms with Crippen molar-refractivity contribution in [3.8, 4) is 0 Å². The van der Waals surface area contributed by atoms with E-state index in [-0.39, 0.29) is 0 Å². The van der Waals surface area contributed by atoms with Crippen molar-refractivity contribution in [3.63, 3.8) is 0 Å². The average molecular weight is 435 g/mol. The lowest BCUT2D eigenvalue weighted by Crippen LogP contribution is -2.23.